The van der Waals surface area contributed by atoms with Crippen LogP contribution in [0.15, 0.2) is 24.3 Å². The fraction of sp³-hybridized carbons (Fsp3) is 0. The average molecular weight is 413 g/mol. The van der Waals surface area contributed by atoms with Gasteiger partial charge in [-0.1, -0.05) is 81.2 Å². The smallest absolute Gasteiger partial charge is 0.135 e. The summed E-state index contributed by atoms with van der Waals surface area (Å²) in [5.74, 6) is -0.0592. The van der Waals surface area contributed by atoms with Crippen molar-refractivity contribution < 1.29 is 5.11 Å². The molecular formula is C12H5Cl7O. The van der Waals surface area contributed by atoms with Crippen LogP contribution in [0, 0.1) is 0 Å². The third-order valence-corrected chi connectivity index (χ3v) is 4.42. The molecular weight excluding hydrogens is 408 g/mol. The lowest BCUT2D eigenvalue weighted by atomic mass is 10.3. The monoisotopic (exact) mass is 410 g/mol. The SMILES string of the molecule is Clc1cc(Cl)c(Cl)cc1Cl.Oc1cc(Cl)c(Cl)cc1Cl. The first-order chi connectivity index (χ1) is 9.22. The summed E-state index contributed by atoms with van der Waals surface area (Å²) >= 11 is 39.0. The second-order valence-electron chi connectivity index (χ2n) is 3.40. The first kappa shape index (κ1) is 18.3. The van der Waals surface area contributed by atoms with Crippen LogP contribution in [0.5, 0.6) is 5.75 Å². The van der Waals surface area contributed by atoms with Crippen molar-refractivity contribution in [3.05, 3.63) is 59.4 Å². The summed E-state index contributed by atoms with van der Waals surface area (Å²) in [6.45, 7) is 0. The minimum atomic E-state index is -0.0592. The Hall–Kier alpha value is 0.270. The van der Waals surface area contributed by atoms with Crippen LogP contribution < -0.4 is 0 Å². The largest absolute Gasteiger partial charge is 0.506 e. The third-order valence-electron chi connectivity index (χ3n) is 1.95. The molecule has 0 unspecified atom stereocenters. The minimum absolute atomic E-state index is 0.0592. The molecule has 108 valence electrons. The van der Waals surface area contributed by atoms with Gasteiger partial charge in [0, 0.05) is 6.07 Å². The number of benzene rings is 2. The summed E-state index contributed by atoms with van der Waals surface area (Å²) in [6.07, 6.45) is 0. The van der Waals surface area contributed by atoms with Crippen molar-refractivity contribution >= 4 is 81.2 Å². The lowest BCUT2D eigenvalue weighted by molar-refractivity contribution is 0.475. The summed E-state index contributed by atoms with van der Waals surface area (Å²) < 4.78 is 0. The molecule has 0 bridgehead atoms. The van der Waals surface area contributed by atoms with Crippen LogP contribution in [-0.2, 0) is 0 Å². The zero-order valence-corrected chi connectivity index (χ0v) is 14.7. The normalized spacial score (nSPS) is 9.95. The molecule has 1 nitrogen and oxygen atoms in total. The van der Waals surface area contributed by atoms with E-state index in [0.717, 1.165) is 0 Å². The van der Waals surface area contributed by atoms with E-state index in [9.17, 15) is 0 Å². The predicted octanol–water partition coefficient (Wildman–Crippen LogP) is 7.65. The molecule has 0 atom stereocenters. The second-order valence-corrected chi connectivity index (χ2v) is 6.25. The van der Waals surface area contributed by atoms with Gasteiger partial charge in [0.1, 0.15) is 5.75 Å². The number of phenols is 1. The number of hydrogen-bond donors (Lipinski definition) is 1. The lowest BCUT2D eigenvalue weighted by Crippen LogP contribution is -1.70. The van der Waals surface area contributed by atoms with Gasteiger partial charge in [0.05, 0.1) is 35.2 Å². The maximum Gasteiger partial charge on any atom is 0.135 e. The van der Waals surface area contributed by atoms with Crippen LogP contribution in [0.1, 0.15) is 0 Å². The summed E-state index contributed by atoms with van der Waals surface area (Å²) in [6, 6.07) is 5.70. The van der Waals surface area contributed by atoms with E-state index in [1.807, 2.05) is 0 Å². The Bertz CT molecular complexity index is 472. The number of rotatable bonds is 0. The van der Waals surface area contributed by atoms with Gasteiger partial charge in [-0.15, -0.1) is 0 Å². The Morgan fingerprint density at radius 3 is 1.00 bits per heavy atom. The molecule has 20 heavy (non-hydrogen) atoms. The molecule has 0 aromatic heterocycles. The Morgan fingerprint density at radius 1 is 0.450 bits per heavy atom. The molecule has 0 aliphatic heterocycles. The van der Waals surface area contributed by atoms with E-state index in [0.29, 0.717) is 30.1 Å². The summed E-state index contributed by atoms with van der Waals surface area (Å²) in [5.41, 5.74) is 0. The first-order valence-corrected chi connectivity index (χ1v) is 7.50. The Balaban J connectivity index is 0.000000200. The van der Waals surface area contributed by atoms with Crippen molar-refractivity contribution in [3.63, 3.8) is 0 Å². The third kappa shape index (κ3) is 5.23. The fourth-order valence-electron chi connectivity index (χ4n) is 1.01. The van der Waals surface area contributed by atoms with Crippen LogP contribution in [0.3, 0.4) is 0 Å². The lowest BCUT2D eigenvalue weighted by Gasteiger charge is -1.97. The van der Waals surface area contributed by atoms with Crippen LogP contribution in [0.25, 0.3) is 0 Å². The molecule has 1 N–H and O–H groups in total. The quantitative estimate of drug-likeness (QED) is 0.440. The van der Waals surface area contributed by atoms with Crippen molar-refractivity contribution in [2.24, 2.45) is 0 Å². The van der Waals surface area contributed by atoms with Crippen molar-refractivity contribution in [1.29, 1.82) is 0 Å². The Labute approximate surface area is 150 Å². The standard InChI is InChI=1S/C6H2Cl4.C6H3Cl3O/c7-3-1-4(8)6(10)2-5(3)9;7-3-1-5(9)6(10)2-4(3)8/h1-2H;1-2,10H. The molecule has 0 heterocycles. The van der Waals surface area contributed by atoms with Crippen LogP contribution in [0.2, 0.25) is 35.2 Å². The highest BCUT2D eigenvalue weighted by Gasteiger charge is 2.03. The molecule has 0 aliphatic carbocycles. The first-order valence-electron chi connectivity index (χ1n) is 4.86. The number of hydrogen-bond acceptors (Lipinski definition) is 1. The highest BCUT2D eigenvalue weighted by molar-refractivity contribution is 6.47. The average Bonchev–Trinajstić information content (AvgIpc) is 2.35. The van der Waals surface area contributed by atoms with Gasteiger partial charge < -0.3 is 5.11 Å². The van der Waals surface area contributed by atoms with E-state index in [-0.39, 0.29) is 10.8 Å². The van der Waals surface area contributed by atoms with Gasteiger partial charge in [0.25, 0.3) is 0 Å². The van der Waals surface area contributed by atoms with Gasteiger partial charge in [0.2, 0.25) is 0 Å². The molecule has 2 rings (SSSR count). The molecule has 0 radical (unpaired) electrons. The van der Waals surface area contributed by atoms with E-state index in [4.69, 9.17) is 86.3 Å². The van der Waals surface area contributed by atoms with Crippen LogP contribution in [-0.4, -0.2) is 5.11 Å². The summed E-state index contributed by atoms with van der Waals surface area (Å²) in [5, 5.41) is 11.4. The highest BCUT2D eigenvalue weighted by atomic mass is 35.5. The maximum atomic E-state index is 8.95. The summed E-state index contributed by atoms with van der Waals surface area (Å²) in [4.78, 5) is 0. The zero-order chi connectivity index (χ0) is 15.4. The maximum absolute atomic E-state index is 8.95. The molecule has 0 fully saturated rings. The van der Waals surface area contributed by atoms with Gasteiger partial charge in [-0.2, -0.15) is 0 Å². The molecule has 0 spiro atoms. The minimum Gasteiger partial charge on any atom is -0.506 e. The molecule has 2 aromatic carbocycles. The van der Waals surface area contributed by atoms with E-state index in [1.165, 1.54) is 24.3 Å². The van der Waals surface area contributed by atoms with Crippen molar-refractivity contribution in [2.75, 3.05) is 0 Å². The highest BCUT2D eigenvalue weighted by Crippen LogP contribution is 2.33. The van der Waals surface area contributed by atoms with Gasteiger partial charge in [0.15, 0.2) is 0 Å². The Morgan fingerprint density at radius 2 is 0.700 bits per heavy atom. The second kappa shape index (κ2) is 8.05. The van der Waals surface area contributed by atoms with Crippen molar-refractivity contribution in [1.82, 2.24) is 0 Å². The van der Waals surface area contributed by atoms with Gasteiger partial charge in [-0.25, -0.2) is 0 Å². The van der Waals surface area contributed by atoms with E-state index in [2.05, 4.69) is 0 Å². The van der Waals surface area contributed by atoms with E-state index in [1.54, 1.807) is 0 Å². The molecule has 8 heteroatoms. The fourth-order valence-corrected chi connectivity index (χ4v) is 2.32. The molecule has 0 saturated carbocycles. The zero-order valence-electron chi connectivity index (χ0n) is 9.40. The summed E-state index contributed by atoms with van der Waals surface area (Å²) in [7, 11) is 0. The van der Waals surface area contributed by atoms with E-state index < -0.39 is 0 Å². The molecule has 0 amide bonds. The number of phenolic OH excluding ortho intramolecular Hbond substituents is 1. The van der Waals surface area contributed by atoms with E-state index >= 15 is 0 Å². The van der Waals surface area contributed by atoms with Crippen molar-refractivity contribution in [3.8, 4) is 5.75 Å². The predicted molar refractivity (Wildman–Crippen MR) is 89.6 cm³/mol. The topological polar surface area (TPSA) is 20.2 Å². The van der Waals surface area contributed by atoms with Gasteiger partial charge >= 0.3 is 0 Å². The van der Waals surface area contributed by atoms with Gasteiger partial charge in [-0.05, 0) is 18.2 Å². The number of halogens is 7. The molecule has 0 aliphatic rings. The number of aromatic hydroxyl groups is 1. The molecule has 2 aromatic rings. The molecule has 0 saturated heterocycles. The van der Waals surface area contributed by atoms with Gasteiger partial charge in [-0.3, -0.25) is 0 Å². The van der Waals surface area contributed by atoms with Crippen molar-refractivity contribution in [2.45, 2.75) is 0 Å². The van der Waals surface area contributed by atoms with Crippen LogP contribution >= 0.6 is 81.2 Å². The Kier molecular flexibility index (Phi) is 7.37. The van der Waals surface area contributed by atoms with Crippen LogP contribution in [0.4, 0.5) is 0 Å².